The molecule has 3 unspecified atom stereocenters. The van der Waals surface area contributed by atoms with Gasteiger partial charge in [-0.3, -0.25) is 13.8 Å². The quantitative estimate of drug-likeness (QED) is 0.0237. The van der Waals surface area contributed by atoms with E-state index in [9.17, 15) is 19.4 Å². The number of aliphatic hydroxyl groups excluding tert-OH is 2. The van der Waals surface area contributed by atoms with E-state index in [1.807, 2.05) is 0 Å². The van der Waals surface area contributed by atoms with E-state index in [1.165, 1.54) is 148 Å². The number of phosphoric acid groups is 1. The van der Waals surface area contributed by atoms with Crippen LogP contribution >= 0.6 is 7.82 Å². The van der Waals surface area contributed by atoms with Gasteiger partial charge in [-0.2, -0.15) is 0 Å². The molecule has 0 amide bonds. The van der Waals surface area contributed by atoms with E-state index in [2.05, 4.69) is 50.3 Å². The summed E-state index contributed by atoms with van der Waals surface area (Å²) in [5.74, 6) is -0.385. The smallest absolute Gasteiger partial charge is 0.457 e. The van der Waals surface area contributed by atoms with E-state index in [-0.39, 0.29) is 25.6 Å². The van der Waals surface area contributed by atoms with Crippen molar-refractivity contribution in [2.24, 2.45) is 0 Å². The third kappa shape index (κ3) is 44.2. The lowest BCUT2D eigenvalue weighted by atomic mass is 10.1. The fourth-order valence-corrected chi connectivity index (χ4v) is 7.41. The number of allylic oxidation sites excluding steroid dienone is 6. The summed E-state index contributed by atoms with van der Waals surface area (Å²) in [7, 11) is -4.52. The maximum absolute atomic E-state index is 12.7. The lowest BCUT2D eigenvalue weighted by Gasteiger charge is -2.20. The molecule has 0 heterocycles. The van der Waals surface area contributed by atoms with E-state index in [0.29, 0.717) is 6.61 Å². The molecule has 0 bridgehead atoms. The largest absolute Gasteiger partial charge is 0.472 e. The van der Waals surface area contributed by atoms with Crippen molar-refractivity contribution in [2.45, 2.75) is 232 Å². The first kappa shape index (κ1) is 56.7. The summed E-state index contributed by atoms with van der Waals surface area (Å²) < 4.78 is 33.5. The molecule has 0 aromatic rings. The Hall–Kier alpha value is -1.32. The van der Waals surface area contributed by atoms with Crippen LogP contribution in [-0.2, 0) is 27.9 Å². The molecule has 0 aromatic carbocycles. The first-order chi connectivity index (χ1) is 28.3. The second-order valence-corrected chi connectivity index (χ2v) is 17.6. The average Bonchev–Trinajstić information content (AvgIpc) is 3.21. The van der Waals surface area contributed by atoms with Crippen LogP contribution < -0.4 is 0 Å². The second kappa shape index (κ2) is 45.2. The molecule has 0 aliphatic rings. The highest BCUT2D eigenvalue weighted by Gasteiger charge is 2.26. The van der Waals surface area contributed by atoms with Crippen molar-refractivity contribution in [3.63, 3.8) is 0 Å². The minimum absolute atomic E-state index is 0.0458. The van der Waals surface area contributed by atoms with Gasteiger partial charge in [0.15, 0.2) is 0 Å². The van der Waals surface area contributed by atoms with Crippen LogP contribution in [0.3, 0.4) is 0 Å². The van der Waals surface area contributed by atoms with E-state index in [0.717, 1.165) is 51.4 Å². The van der Waals surface area contributed by atoms with Gasteiger partial charge in [-0.25, -0.2) is 4.57 Å². The molecular weight excluding hydrogens is 751 g/mol. The van der Waals surface area contributed by atoms with Gasteiger partial charge >= 0.3 is 13.8 Å². The molecule has 0 saturated carbocycles. The fraction of sp³-hybridized carbons (Fsp3) is 0.854. The van der Waals surface area contributed by atoms with Gasteiger partial charge in [-0.1, -0.05) is 179 Å². The molecule has 0 spiro atoms. The van der Waals surface area contributed by atoms with Crippen LogP contribution in [0.25, 0.3) is 0 Å². The van der Waals surface area contributed by atoms with Gasteiger partial charge in [-0.05, 0) is 70.6 Å². The number of ether oxygens (including phenoxy) is 2. The van der Waals surface area contributed by atoms with Crippen LogP contribution in [0.4, 0.5) is 0 Å². The van der Waals surface area contributed by atoms with Gasteiger partial charge in [-0.15, -0.1) is 0 Å². The molecule has 3 atom stereocenters. The zero-order valence-electron chi connectivity index (χ0n) is 37.5. The van der Waals surface area contributed by atoms with E-state index < -0.39 is 33.2 Å². The molecule has 0 fully saturated rings. The monoisotopic (exact) mass is 843 g/mol. The topological polar surface area (TPSA) is 132 Å². The molecule has 0 aromatic heterocycles. The summed E-state index contributed by atoms with van der Waals surface area (Å²) in [6.07, 6.45) is 49.6. The molecule has 0 radical (unpaired) electrons. The van der Waals surface area contributed by atoms with Gasteiger partial charge in [0.2, 0.25) is 0 Å². The Labute approximate surface area is 356 Å². The van der Waals surface area contributed by atoms with E-state index in [4.69, 9.17) is 23.6 Å². The molecule has 0 saturated heterocycles. The Morgan fingerprint density at radius 2 is 0.931 bits per heavy atom. The molecule has 58 heavy (non-hydrogen) atoms. The van der Waals surface area contributed by atoms with Gasteiger partial charge in [0.25, 0.3) is 0 Å². The molecule has 10 heteroatoms. The predicted molar refractivity (Wildman–Crippen MR) is 242 cm³/mol. The van der Waals surface area contributed by atoms with Crippen molar-refractivity contribution >= 4 is 13.8 Å². The molecule has 0 aliphatic heterocycles. The zero-order valence-corrected chi connectivity index (χ0v) is 38.4. The van der Waals surface area contributed by atoms with Crippen LogP contribution in [0.1, 0.15) is 219 Å². The predicted octanol–water partition coefficient (Wildman–Crippen LogP) is 13.6. The number of unbranched alkanes of at least 4 members (excludes halogenated alkanes) is 26. The normalized spacial score (nSPS) is 14.2. The van der Waals surface area contributed by atoms with Crippen molar-refractivity contribution in [3.8, 4) is 0 Å². The van der Waals surface area contributed by atoms with Crippen molar-refractivity contribution in [1.82, 2.24) is 0 Å². The first-order valence-corrected chi connectivity index (χ1v) is 25.5. The lowest BCUT2D eigenvalue weighted by Crippen LogP contribution is -2.29. The molecule has 9 nitrogen and oxygen atoms in total. The van der Waals surface area contributed by atoms with Gasteiger partial charge < -0.3 is 24.6 Å². The Balaban J connectivity index is 4.12. The van der Waals surface area contributed by atoms with Crippen LogP contribution in [0, 0.1) is 0 Å². The number of rotatable bonds is 46. The highest BCUT2D eigenvalue weighted by molar-refractivity contribution is 7.47. The van der Waals surface area contributed by atoms with Gasteiger partial charge in [0.1, 0.15) is 12.2 Å². The number of phosphoric ester groups is 1. The van der Waals surface area contributed by atoms with Crippen LogP contribution in [0.2, 0.25) is 0 Å². The van der Waals surface area contributed by atoms with Gasteiger partial charge in [0, 0.05) is 13.0 Å². The molecule has 342 valence electrons. The molecule has 0 rings (SSSR count). The summed E-state index contributed by atoms with van der Waals surface area (Å²) in [6.45, 7) is 3.50. The maximum Gasteiger partial charge on any atom is 0.472 e. The zero-order chi connectivity index (χ0) is 42.5. The number of esters is 1. The van der Waals surface area contributed by atoms with Crippen molar-refractivity contribution < 1.29 is 43.0 Å². The Bertz CT molecular complexity index is 1000. The Kier molecular flexibility index (Phi) is 44.2. The first-order valence-electron chi connectivity index (χ1n) is 24.0. The number of hydrogen-bond donors (Lipinski definition) is 3. The second-order valence-electron chi connectivity index (χ2n) is 16.1. The molecule has 0 aliphatic carbocycles. The number of carbonyl (C=O) groups excluding carboxylic acids is 1. The number of aliphatic hydroxyl groups is 2. The summed E-state index contributed by atoms with van der Waals surface area (Å²) >= 11 is 0. The highest BCUT2D eigenvalue weighted by Crippen LogP contribution is 2.43. The fourth-order valence-electron chi connectivity index (χ4n) is 6.62. The minimum Gasteiger partial charge on any atom is -0.457 e. The molecule has 3 N–H and O–H groups in total. The minimum atomic E-state index is -4.52. The van der Waals surface area contributed by atoms with Gasteiger partial charge in [0.05, 0.1) is 26.4 Å². The van der Waals surface area contributed by atoms with Crippen molar-refractivity contribution in [3.05, 3.63) is 36.5 Å². The van der Waals surface area contributed by atoms with Crippen LogP contribution in [-0.4, -0.2) is 66.3 Å². The summed E-state index contributed by atoms with van der Waals surface area (Å²) in [6, 6.07) is 0. The average molecular weight is 843 g/mol. The van der Waals surface area contributed by atoms with Crippen molar-refractivity contribution in [2.75, 3.05) is 33.0 Å². The number of carbonyl (C=O) groups is 1. The van der Waals surface area contributed by atoms with E-state index in [1.54, 1.807) is 0 Å². The molecular formula is C48H91O9P. The van der Waals surface area contributed by atoms with Crippen LogP contribution in [0.15, 0.2) is 36.5 Å². The standard InChI is InChI=1S/C48H91O9P/c1-3-5-7-9-11-13-15-17-19-21-23-24-26-28-30-32-34-36-38-40-48(51)57-47(45-56-58(52,53)55-43-46(50)42-49)44-54-41-39-37-35-33-31-29-27-25-22-20-18-16-14-12-10-8-6-4-2/h12,14,17-20,46-47,49-50H,3-11,13,15-16,21-45H2,1-2H3,(H,52,53)/b14-12-,19-17-,20-18-. The summed E-state index contributed by atoms with van der Waals surface area (Å²) in [4.78, 5) is 22.6. The SMILES string of the molecule is CCCCC/C=C\C/C=C\CCCCCCCCCCOCC(COP(=O)(O)OCC(O)CO)OC(=O)CCCCCCCCCCC/C=C\CCCCCCCC. The third-order valence-corrected chi connectivity index (χ3v) is 11.2. The lowest BCUT2D eigenvalue weighted by molar-refractivity contribution is -0.154. The van der Waals surface area contributed by atoms with Crippen molar-refractivity contribution in [1.29, 1.82) is 0 Å². The highest BCUT2D eigenvalue weighted by atomic mass is 31.2. The maximum atomic E-state index is 12.7. The Morgan fingerprint density at radius 3 is 1.43 bits per heavy atom. The summed E-state index contributed by atoms with van der Waals surface area (Å²) in [5.41, 5.74) is 0. The Morgan fingerprint density at radius 1 is 0.534 bits per heavy atom. The summed E-state index contributed by atoms with van der Waals surface area (Å²) in [5, 5.41) is 18.4. The van der Waals surface area contributed by atoms with Crippen LogP contribution in [0.5, 0.6) is 0 Å². The third-order valence-electron chi connectivity index (χ3n) is 10.3. The number of hydrogen-bond acceptors (Lipinski definition) is 8. The van der Waals surface area contributed by atoms with E-state index >= 15 is 0 Å².